The van der Waals surface area contributed by atoms with Crippen LogP contribution >= 0.6 is 0 Å². The fourth-order valence-corrected chi connectivity index (χ4v) is 2.07. The van der Waals surface area contributed by atoms with Crippen molar-refractivity contribution in [1.82, 2.24) is 10.3 Å². The van der Waals surface area contributed by atoms with E-state index in [4.69, 9.17) is 29.3 Å². The van der Waals surface area contributed by atoms with Gasteiger partial charge in [-0.1, -0.05) is 18.2 Å². The topological polar surface area (TPSA) is 138 Å². The number of aromatic nitrogens is 1. The maximum atomic E-state index is 9.90. The van der Waals surface area contributed by atoms with Crippen molar-refractivity contribution in [2.24, 2.45) is 0 Å². The number of hydrogen-bond donors (Lipinski definition) is 4. The Hall–Kier alpha value is -3.01. The normalized spacial score (nSPS) is 11.1. The number of aliphatic carboxylic acids is 2. The van der Waals surface area contributed by atoms with E-state index >= 15 is 0 Å². The van der Waals surface area contributed by atoms with Crippen LogP contribution in [-0.2, 0) is 27.5 Å². The molecular formula is C19H24N2O7. The van der Waals surface area contributed by atoms with Gasteiger partial charge in [0, 0.05) is 31.0 Å². The van der Waals surface area contributed by atoms with Gasteiger partial charge in [0.15, 0.2) is 0 Å². The number of para-hydroxylation sites is 1. The van der Waals surface area contributed by atoms with Crippen LogP contribution in [0.15, 0.2) is 48.8 Å². The first-order valence-corrected chi connectivity index (χ1v) is 8.37. The molecule has 2 rings (SSSR count). The average Bonchev–Trinajstić information content (AvgIpc) is 2.69. The summed E-state index contributed by atoms with van der Waals surface area (Å²) in [5, 5.41) is 27.9. The van der Waals surface area contributed by atoms with Gasteiger partial charge in [0.1, 0.15) is 5.75 Å². The standard InChI is InChI=1S/C17H22N2O3.C2H2O4/c1-21-17-5-3-2-4-15(17)12-22-13-16(20)11-19-10-14-6-8-18-9-7-14;3-1(4)2(5)6/h2-9,16,19-20H,10-13H2,1H3;(H,3,4)(H,5,6). The van der Waals surface area contributed by atoms with E-state index in [1.165, 1.54) is 0 Å². The summed E-state index contributed by atoms with van der Waals surface area (Å²) < 4.78 is 10.8. The molecule has 1 atom stereocenters. The summed E-state index contributed by atoms with van der Waals surface area (Å²) in [6, 6.07) is 11.6. The van der Waals surface area contributed by atoms with Gasteiger partial charge in [0.2, 0.25) is 0 Å². The second-order valence-electron chi connectivity index (χ2n) is 5.58. The number of benzene rings is 1. The summed E-state index contributed by atoms with van der Waals surface area (Å²) in [7, 11) is 1.64. The molecule has 9 heteroatoms. The monoisotopic (exact) mass is 392 g/mol. The highest BCUT2D eigenvalue weighted by Crippen LogP contribution is 2.17. The van der Waals surface area contributed by atoms with E-state index < -0.39 is 18.0 Å². The number of aliphatic hydroxyl groups excluding tert-OH is 1. The van der Waals surface area contributed by atoms with Crippen LogP contribution in [0.2, 0.25) is 0 Å². The maximum Gasteiger partial charge on any atom is 0.414 e. The summed E-state index contributed by atoms with van der Waals surface area (Å²) in [4.78, 5) is 22.2. The number of carboxylic acids is 2. The van der Waals surface area contributed by atoms with Crippen LogP contribution in [0.5, 0.6) is 5.75 Å². The van der Waals surface area contributed by atoms with Crippen molar-refractivity contribution in [2.45, 2.75) is 19.3 Å². The molecular weight excluding hydrogens is 368 g/mol. The van der Waals surface area contributed by atoms with Gasteiger partial charge in [-0.25, -0.2) is 9.59 Å². The highest BCUT2D eigenvalue weighted by atomic mass is 16.5. The summed E-state index contributed by atoms with van der Waals surface area (Å²) in [5.41, 5.74) is 2.11. The lowest BCUT2D eigenvalue weighted by molar-refractivity contribution is -0.159. The predicted molar refractivity (Wildman–Crippen MR) is 99.9 cm³/mol. The number of carboxylic acid groups (broad SMARTS) is 2. The molecule has 0 saturated heterocycles. The third-order valence-corrected chi connectivity index (χ3v) is 3.40. The third kappa shape index (κ3) is 9.62. The van der Waals surface area contributed by atoms with Gasteiger partial charge in [0.05, 0.1) is 26.4 Å². The van der Waals surface area contributed by atoms with E-state index in [1.807, 2.05) is 36.4 Å². The molecule has 0 aliphatic heterocycles. The van der Waals surface area contributed by atoms with Crippen LogP contribution in [0, 0.1) is 0 Å². The Labute approximate surface area is 162 Å². The van der Waals surface area contributed by atoms with Crippen LogP contribution in [0.4, 0.5) is 0 Å². The van der Waals surface area contributed by atoms with Crippen LogP contribution in [0.25, 0.3) is 0 Å². The molecule has 1 heterocycles. The SMILES string of the molecule is COc1ccccc1COCC(O)CNCc1ccncc1.O=C(O)C(=O)O. The highest BCUT2D eigenvalue weighted by Gasteiger charge is 2.06. The van der Waals surface area contributed by atoms with E-state index in [2.05, 4.69) is 10.3 Å². The van der Waals surface area contributed by atoms with Gasteiger partial charge in [0.25, 0.3) is 0 Å². The molecule has 0 radical (unpaired) electrons. The first-order chi connectivity index (χ1) is 13.4. The first kappa shape index (κ1) is 23.0. The number of pyridine rings is 1. The molecule has 152 valence electrons. The van der Waals surface area contributed by atoms with E-state index in [1.54, 1.807) is 19.5 Å². The number of ether oxygens (including phenoxy) is 2. The van der Waals surface area contributed by atoms with Crippen molar-refractivity contribution in [2.75, 3.05) is 20.3 Å². The Balaban J connectivity index is 0.000000568. The molecule has 0 amide bonds. The van der Waals surface area contributed by atoms with Crippen LogP contribution in [0.1, 0.15) is 11.1 Å². The number of methoxy groups -OCH3 is 1. The van der Waals surface area contributed by atoms with Crippen molar-refractivity contribution < 1.29 is 34.4 Å². The molecule has 0 saturated carbocycles. The Morgan fingerprint density at radius 3 is 2.36 bits per heavy atom. The van der Waals surface area contributed by atoms with Crippen molar-refractivity contribution in [3.63, 3.8) is 0 Å². The van der Waals surface area contributed by atoms with Crippen molar-refractivity contribution in [3.8, 4) is 5.75 Å². The summed E-state index contributed by atoms with van der Waals surface area (Å²) in [6.07, 6.45) is 2.96. The second kappa shape index (κ2) is 13.2. The Morgan fingerprint density at radius 1 is 1.11 bits per heavy atom. The molecule has 1 unspecified atom stereocenters. The molecule has 1 aromatic heterocycles. The molecule has 28 heavy (non-hydrogen) atoms. The molecule has 9 nitrogen and oxygen atoms in total. The number of nitrogens with one attached hydrogen (secondary N) is 1. The minimum absolute atomic E-state index is 0.279. The molecule has 0 aliphatic carbocycles. The van der Waals surface area contributed by atoms with Crippen molar-refractivity contribution in [3.05, 3.63) is 59.9 Å². The zero-order valence-electron chi connectivity index (χ0n) is 15.4. The quantitative estimate of drug-likeness (QED) is 0.459. The van der Waals surface area contributed by atoms with Gasteiger partial charge < -0.3 is 30.1 Å². The zero-order valence-corrected chi connectivity index (χ0v) is 15.4. The lowest BCUT2D eigenvalue weighted by Gasteiger charge is -2.13. The second-order valence-corrected chi connectivity index (χ2v) is 5.58. The van der Waals surface area contributed by atoms with Gasteiger partial charge in [-0.15, -0.1) is 0 Å². The van der Waals surface area contributed by atoms with Crippen LogP contribution < -0.4 is 10.1 Å². The molecule has 0 fully saturated rings. The average molecular weight is 392 g/mol. The predicted octanol–water partition coefficient (Wildman–Crippen LogP) is 0.913. The lowest BCUT2D eigenvalue weighted by Crippen LogP contribution is -2.30. The summed E-state index contributed by atoms with van der Waals surface area (Å²) >= 11 is 0. The number of nitrogens with zero attached hydrogens (tertiary/aromatic N) is 1. The Kier molecular flexibility index (Phi) is 10.9. The molecule has 0 bridgehead atoms. The largest absolute Gasteiger partial charge is 0.496 e. The van der Waals surface area contributed by atoms with Gasteiger partial charge >= 0.3 is 11.9 Å². The molecule has 1 aromatic carbocycles. The maximum absolute atomic E-state index is 9.90. The molecule has 2 aromatic rings. The number of carbonyl (C=O) groups is 2. The fraction of sp³-hybridized carbons (Fsp3) is 0.316. The first-order valence-electron chi connectivity index (χ1n) is 8.37. The fourth-order valence-electron chi connectivity index (χ4n) is 2.07. The van der Waals surface area contributed by atoms with Gasteiger partial charge in [-0.3, -0.25) is 4.98 Å². The van der Waals surface area contributed by atoms with Crippen molar-refractivity contribution >= 4 is 11.9 Å². The molecule has 4 N–H and O–H groups in total. The number of aliphatic hydroxyl groups is 1. The van der Waals surface area contributed by atoms with Crippen molar-refractivity contribution in [1.29, 1.82) is 0 Å². The van der Waals surface area contributed by atoms with Gasteiger partial charge in [-0.2, -0.15) is 0 Å². The molecule has 0 aliphatic rings. The minimum Gasteiger partial charge on any atom is -0.496 e. The Bertz CT molecular complexity index is 713. The third-order valence-electron chi connectivity index (χ3n) is 3.40. The van der Waals surface area contributed by atoms with E-state index in [0.29, 0.717) is 19.7 Å². The smallest absolute Gasteiger partial charge is 0.414 e. The minimum atomic E-state index is -1.82. The Morgan fingerprint density at radius 2 is 1.75 bits per heavy atom. The van der Waals surface area contributed by atoms with E-state index in [-0.39, 0.29) is 6.61 Å². The lowest BCUT2D eigenvalue weighted by atomic mass is 10.2. The van der Waals surface area contributed by atoms with Crippen LogP contribution in [-0.4, -0.2) is 58.6 Å². The highest BCUT2D eigenvalue weighted by molar-refractivity contribution is 6.27. The van der Waals surface area contributed by atoms with E-state index in [0.717, 1.165) is 16.9 Å². The number of hydrogen-bond acceptors (Lipinski definition) is 7. The summed E-state index contributed by atoms with van der Waals surface area (Å²) in [5.74, 6) is -2.85. The van der Waals surface area contributed by atoms with Crippen LogP contribution in [0.3, 0.4) is 0 Å². The summed E-state index contributed by atoms with van der Waals surface area (Å²) in [6.45, 7) is 1.88. The zero-order chi connectivity index (χ0) is 20.8. The number of rotatable bonds is 9. The molecule has 0 spiro atoms. The van der Waals surface area contributed by atoms with Gasteiger partial charge in [-0.05, 0) is 23.8 Å². The van der Waals surface area contributed by atoms with E-state index in [9.17, 15) is 5.11 Å².